The molecule has 5 rings (SSSR count). The summed E-state index contributed by atoms with van der Waals surface area (Å²) in [5.74, 6) is 0.180. The predicted molar refractivity (Wildman–Crippen MR) is 240 cm³/mol. The second kappa shape index (κ2) is 20.6. The maximum absolute atomic E-state index is 12.4. The zero-order valence-electron chi connectivity index (χ0n) is 35.1. The molecule has 0 radical (unpaired) electrons. The van der Waals surface area contributed by atoms with Gasteiger partial charge < -0.3 is 4.90 Å². The molecule has 0 bridgehead atoms. The molecule has 4 N–H and O–H groups in total. The lowest BCUT2D eigenvalue weighted by Gasteiger charge is -2.46. The largest absolute Gasteiger partial charge is 0.363 e. The van der Waals surface area contributed by atoms with Crippen molar-refractivity contribution >= 4 is 62.0 Å². The SMILES string of the molecule is CCC(C1CCC(S(=O)(=O)O)C1)P(CN(CP(C(CC)C1CCC(S(=O)(=O)O)C1)C(CC)C1CCC(S(=O)(=O)O)C1)c1ccccc1)C(CC)C1CCC(S(=O)(=O)O)C1. The van der Waals surface area contributed by atoms with E-state index in [-0.39, 0.29) is 46.3 Å². The highest BCUT2D eigenvalue weighted by Gasteiger charge is 2.48. The summed E-state index contributed by atoms with van der Waals surface area (Å²) in [5.41, 5.74) is 1.47. The maximum Gasteiger partial charge on any atom is 0.267 e. The molecule has 0 saturated heterocycles. The molecule has 340 valence electrons. The van der Waals surface area contributed by atoms with E-state index in [0.717, 1.165) is 31.4 Å². The lowest BCUT2D eigenvalue weighted by Crippen LogP contribution is -2.37. The Labute approximate surface area is 357 Å². The highest BCUT2D eigenvalue weighted by Crippen LogP contribution is 2.63. The Bertz CT molecular complexity index is 1740. The van der Waals surface area contributed by atoms with E-state index in [1.807, 2.05) is 18.2 Å². The van der Waals surface area contributed by atoms with E-state index in [1.165, 1.54) is 0 Å². The van der Waals surface area contributed by atoms with Crippen molar-refractivity contribution in [1.82, 2.24) is 0 Å². The number of hydrogen-bond acceptors (Lipinski definition) is 9. The molecule has 1 aromatic carbocycles. The Morgan fingerprint density at radius 2 is 0.729 bits per heavy atom. The van der Waals surface area contributed by atoms with Crippen LogP contribution in [0.25, 0.3) is 0 Å². The molecule has 0 spiro atoms. The fourth-order valence-corrected chi connectivity index (χ4v) is 24.0. The van der Waals surface area contributed by atoms with Gasteiger partial charge in [-0.05, 0) is 161 Å². The topological polar surface area (TPSA) is 221 Å². The molecule has 4 aliphatic carbocycles. The fraction of sp³-hybridized carbons (Fsp3) is 0.850. The van der Waals surface area contributed by atoms with E-state index in [2.05, 4.69) is 44.7 Å². The van der Waals surface area contributed by atoms with E-state index >= 15 is 0 Å². The van der Waals surface area contributed by atoms with Crippen LogP contribution in [0.2, 0.25) is 0 Å². The molecule has 4 fully saturated rings. The van der Waals surface area contributed by atoms with Crippen LogP contribution in [-0.2, 0) is 40.5 Å². The van der Waals surface area contributed by atoms with Crippen LogP contribution in [0.3, 0.4) is 0 Å². The lowest BCUT2D eigenvalue weighted by atomic mass is 10.0. The van der Waals surface area contributed by atoms with Crippen molar-refractivity contribution in [1.29, 1.82) is 0 Å². The molecule has 0 heterocycles. The first-order valence-electron chi connectivity index (χ1n) is 21.8. The number of para-hydroxylation sites is 1. The van der Waals surface area contributed by atoms with E-state index < -0.39 is 77.3 Å². The standard InChI is InChI=1S/C40H69NO12P2S4/c1-5-37(28-14-18-33(22-28)56(42,43)44)54(38(6-2)29-15-19-34(23-29)57(45,46)47)26-41(32-12-10-9-11-13-32)27-55(39(7-3)30-16-20-35(24-30)58(48,49)50)40(8-4)31-17-21-36(25-31)59(51,52)53/h9-13,28-31,33-40H,5-8,14-27H2,1-4H3,(H,42,43,44)(H,45,46,47)(H,48,49,50)(H,51,52,53). The van der Waals surface area contributed by atoms with Gasteiger partial charge in [0.2, 0.25) is 0 Å². The second-order valence-corrected chi connectivity index (χ2v) is 30.0. The van der Waals surface area contributed by atoms with Crippen molar-refractivity contribution in [2.75, 3.05) is 17.5 Å². The minimum atomic E-state index is -4.22. The molecule has 12 atom stereocenters. The summed E-state index contributed by atoms with van der Waals surface area (Å²) in [7, 11) is -18.8. The van der Waals surface area contributed by atoms with Crippen molar-refractivity contribution in [3.05, 3.63) is 30.3 Å². The van der Waals surface area contributed by atoms with Crippen molar-refractivity contribution in [3.63, 3.8) is 0 Å². The average molecular weight is 946 g/mol. The average Bonchev–Trinajstić information content (AvgIpc) is 3.99. The van der Waals surface area contributed by atoms with Crippen LogP contribution < -0.4 is 4.90 Å². The maximum atomic E-state index is 12.4. The Hall–Kier alpha value is -0.480. The minimum absolute atomic E-state index is 0.0449. The molecule has 0 aromatic heterocycles. The quantitative estimate of drug-likeness (QED) is 0.0670. The molecule has 4 aliphatic rings. The van der Waals surface area contributed by atoms with Crippen LogP contribution in [-0.4, -0.2) is 108 Å². The fourth-order valence-electron chi connectivity index (χ4n) is 11.9. The zero-order chi connectivity index (χ0) is 43.5. The van der Waals surface area contributed by atoms with Gasteiger partial charge in [-0.25, -0.2) is 0 Å². The smallest absolute Gasteiger partial charge is 0.267 e. The molecule has 13 nitrogen and oxygen atoms in total. The Kier molecular flexibility index (Phi) is 17.3. The minimum Gasteiger partial charge on any atom is -0.363 e. The third-order valence-electron chi connectivity index (χ3n) is 14.7. The van der Waals surface area contributed by atoms with Crippen LogP contribution in [0.1, 0.15) is 130 Å². The predicted octanol–water partition coefficient (Wildman–Crippen LogP) is 8.71. The van der Waals surface area contributed by atoms with Crippen LogP contribution in [0, 0.1) is 23.7 Å². The number of rotatable bonds is 21. The molecule has 0 amide bonds. The summed E-state index contributed by atoms with van der Waals surface area (Å²) < 4.78 is 140. The van der Waals surface area contributed by atoms with Crippen molar-refractivity contribution in [2.45, 2.75) is 174 Å². The van der Waals surface area contributed by atoms with Gasteiger partial charge in [0.25, 0.3) is 40.5 Å². The third kappa shape index (κ3) is 12.4. The Morgan fingerprint density at radius 3 is 0.932 bits per heavy atom. The monoisotopic (exact) mass is 945 g/mol. The lowest BCUT2D eigenvalue weighted by molar-refractivity contribution is 0.450. The third-order valence-corrected chi connectivity index (χ3v) is 27.7. The second-order valence-electron chi connectivity index (χ2n) is 17.9. The molecule has 4 saturated carbocycles. The van der Waals surface area contributed by atoms with Gasteiger partial charge in [-0.15, -0.1) is 0 Å². The van der Waals surface area contributed by atoms with E-state index in [9.17, 15) is 51.9 Å². The summed E-state index contributed by atoms with van der Waals surface area (Å²) in [6, 6.07) is 10.1. The molecule has 59 heavy (non-hydrogen) atoms. The molecule has 19 heteroatoms. The van der Waals surface area contributed by atoms with Crippen LogP contribution >= 0.6 is 15.8 Å². The summed E-state index contributed by atoms with van der Waals surface area (Å²) >= 11 is 0. The first-order chi connectivity index (χ1) is 27.6. The van der Waals surface area contributed by atoms with Gasteiger partial charge in [0.05, 0.1) is 21.0 Å². The van der Waals surface area contributed by atoms with Crippen molar-refractivity contribution < 1.29 is 51.9 Å². The van der Waals surface area contributed by atoms with Crippen LogP contribution in [0.15, 0.2) is 30.3 Å². The first-order valence-corrected chi connectivity index (χ1v) is 31.1. The molecule has 12 unspecified atom stereocenters. The molecule has 1 aromatic rings. The van der Waals surface area contributed by atoms with Gasteiger partial charge in [-0.3, -0.25) is 18.2 Å². The number of nitrogens with zero attached hydrogens (tertiary/aromatic N) is 1. The zero-order valence-corrected chi connectivity index (χ0v) is 40.1. The van der Waals surface area contributed by atoms with Gasteiger partial charge in [0.15, 0.2) is 0 Å². The molecule has 0 aliphatic heterocycles. The van der Waals surface area contributed by atoms with Crippen LogP contribution in [0.4, 0.5) is 5.69 Å². The van der Waals surface area contributed by atoms with Crippen molar-refractivity contribution in [2.24, 2.45) is 23.7 Å². The first kappa shape index (κ1) is 49.5. The number of anilines is 1. The molecular weight excluding hydrogens is 877 g/mol. The highest BCUT2D eigenvalue weighted by atomic mass is 32.2. The van der Waals surface area contributed by atoms with Gasteiger partial charge in [0.1, 0.15) is 0 Å². The summed E-state index contributed by atoms with van der Waals surface area (Å²) in [5, 5.41) is -3.28. The van der Waals surface area contributed by atoms with Crippen molar-refractivity contribution in [3.8, 4) is 0 Å². The Balaban J connectivity index is 1.59. The van der Waals surface area contributed by atoms with Gasteiger partial charge in [-0.2, -0.15) is 33.7 Å². The molecular formula is C40H69NO12P2S4. The Morgan fingerprint density at radius 1 is 0.475 bits per heavy atom. The summed E-state index contributed by atoms with van der Waals surface area (Å²) in [6.07, 6.45) is 10.1. The van der Waals surface area contributed by atoms with Crippen LogP contribution in [0.5, 0.6) is 0 Å². The van der Waals surface area contributed by atoms with Gasteiger partial charge in [-0.1, -0.05) is 61.7 Å². The van der Waals surface area contributed by atoms with E-state index in [0.29, 0.717) is 89.6 Å². The highest BCUT2D eigenvalue weighted by molar-refractivity contribution is 7.87. The summed E-state index contributed by atoms with van der Waals surface area (Å²) in [4.78, 5) is 2.48. The number of hydrogen-bond donors (Lipinski definition) is 4. The van der Waals surface area contributed by atoms with Gasteiger partial charge >= 0.3 is 0 Å². The number of benzene rings is 1. The summed E-state index contributed by atoms with van der Waals surface area (Å²) in [6.45, 7) is 8.56. The van der Waals surface area contributed by atoms with E-state index in [4.69, 9.17) is 0 Å². The van der Waals surface area contributed by atoms with Gasteiger partial charge in [0, 0.05) is 18.3 Å². The van der Waals surface area contributed by atoms with E-state index in [1.54, 1.807) is 0 Å². The normalized spacial score (nSPS) is 31.5.